The number of nitrogens with zero attached hydrogens (tertiary/aromatic N) is 1. The lowest BCUT2D eigenvalue weighted by Gasteiger charge is -2.32. The van der Waals surface area contributed by atoms with Crippen molar-refractivity contribution in [2.24, 2.45) is 0 Å². The Morgan fingerprint density at radius 1 is 1.57 bits per heavy atom. The van der Waals surface area contributed by atoms with Gasteiger partial charge in [-0.05, 0) is 37.3 Å². The molecule has 0 aliphatic heterocycles. The van der Waals surface area contributed by atoms with Gasteiger partial charge in [-0.3, -0.25) is 4.98 Å². The third-order valence-corrected chi connectivity index (χ3v) is 2.96. The maximum absolute atomic E-state index is 10.4. The topological polar surface area (TPSA) is 33.1 Å². The van der Waals surface area contributed by atoms with Crippen molar-refractivity contribution in [3.05, 3.63) is 36.5 Å². The molecule has 1 atom stereocenters. The van der Waals surface area contributed by atoms with Gasteiger partial charge >= 0.3 is 0 Å². The van der Waals surface area contributed by atoms with Crippen LogP contribution in [0.1, 0.15) is 36.9 Å². The number of fused-ring (bicyclic) bond motifs is 1. The Morgan fingerprint density at radius 2 is 2.43 bits per heavy atom. The van der Waals surface area contributed by atoms with E-state index in [0.29, 0.717) is 0 Å². The SMILES string of the molecule is [CH2]CCC1(O)CCCc2cccnc21. The summed E-state index contributed by atoms with van der Waals surface area (Å²) in [5, 5.41) is 10.4. The lowest BCUT2D eigenvalue weighted by molar-refractivity contribution is 0.00633. The summed E-state index contributed by atoms with van der Waals surface area (Å²) in [6.45, 7) is 3.81. The lowest BCUT2D eigenvalue weighted by atomic mass is 9.80. The molecule has 0 bridgehead atoms. The number of hydrogen-bond donors (Lipinski definition) is 1. The Labute approximate surface area is 85.0 Å². The predicted octanol–water partition coefficient (Wildman–Crippen LogP) is 2.22. The van der Waals surface area contributed by atoms with Crippen molar-refractivity contribution in [2.45, 2.75) is 37.7 Å². The lowest BCUT2D eigenvalue weighted by Crippen LogP contribution is -2.31. The fourth-order valence-corrected chi connectivity index (χ4v) is 2.28. The van der Waals surface area contributed by atoms with Crippen LogP contribution in [0, 0.1) is 6.92 Å². The average molecular weight is 190 g/mol. The number of pyridine rings is 1. The van der Waals surface area contributed by atoms with Crippen LogP contribution in [0.15, 0.2) is 18.3 Å². The molecule has 1 aliphatic carbocycles. The third kappa shape index (κ3) is 1.55. The van der Waals surface area contributed by atoms with Crippen LogP contribution in [0.3, 0.4) is 0 Å². The van der Waals surface area contributed by atoms with Gasteiger partial charge in [0.05, 0.1) is 5.69 Å². The van der Waals surface area contributed by atoms with Crippen LogP contribution in [0.25, 0.3) is 0 Å². The Kier molecular flexibility index (Phi) is 2.55. The molecule has 2 rings (SSSR count). The van der Waals surface area contributed by atoms with Crippen LogP contribution in [0.5, 0.6) is 0 Å². The number of aromatic nitrogens is 1. The maximum atomic E-state index is 10.4. The highest BCUT2D eigenvalue weighted by atomic mass is 16.3. The molecule has 0 aromatic carbocycles. The molecule has 14 heavy (non-hydrogen) atoms. The minimum Gasteiger partial charge on any atom is -0.384 e. The first-order valence-electron chi connectivity index (χ1n) is 5.22. The van der Waals surface area contributed by atoms with E-state index >= 15 is 0 Å². The first-order valence-corrected chi connectivity index (χ1v) is 5.22. The van der Waals surface area contributed by atoms with Crippen molar-refractivity contribution in [1.29, 1.82) is 0 Å². The maximum Gasteiger partial charge on any atom is 0.107 e. The Hall–Kier alpha value is -0.890. The highest BCUT2D eigenvalue weighted by Crippen LogP contribution is 2.36. The van der Waals surface area contributed by atoms with E-state index in [1.807, 2.05) is 6.07 Å². The van der Waals surface area contributed by atoms with Gasteiger partial charge in [0.1, 0.15) is 5.60 Å². The molecule has 1 unspecified atom stereocenters. The summed E-state index contributed by atoms with van der Waals surface area (Å²) >= 11 is 0. The van der Waals surface area contributed by atoms with Crippen LogP contribution in [-0.2, 0) is 12.0 Å². The van der Waals surface area contributed by atoms with Crippen LogP contribution in [-0.4, -0.2) is 10.1 Å². The molecule has 75 valence electrons. The van der Waals surface area contributed by atoms with E-state index in [1.165, 1.54) is 5.56 Å². The number of aliphatic hydroxyl groups is 1. The zero-order chi connectivity index (χ0) is 10.0. The highest BCUT2D eigenvalue weighted by molar-refractivity contribution is 5.28. The van der Waals surface area contributed by atoms with E-state index in [2.05, 4.69) is 18.0 Å². The van der Waals surface area contributed by atoms with Crippen LogP contribution in [0.2, 0.25) is 0 Å². The fourth-order valence-electron chi connectivity index (χ4n) is 2.28. The second-order valence-electron chi connectivity index (χ2n) is 4.00. The Balaban J connectivity index is 2.39. The normalized spacial score (nSPS) is 25.9. The molecule has 0 spiro atoms. The highest BCUT2D eigenvalue weighted by Gasteiger charge is 2.34. The molecule has 1 aromatic rings. The van der Waals surface area contributed by atoms with Crippen molar-refractivity contribution in [3.63, 3.8) is 0 Å². The zero-order valence-corrected chi connectivity index (χ0v) is 8.37. The molecule has 2 heteroatoms. The molecule has 1 radical (unpaired) electrons. The molecular weight excluding hydrogens is 174 g/mol. The summed E-state index contributed by atoms with van der Waals surface area (Å²) in [7, 11) is 0. The summed E-state index contributed by atoms with van der Waals surface area (Å²) < 4.78 is 0. The van der Waals surface area contributed by atoms with Gasteiger partial charge in [0.15, 0.2) is 0 Å². The second kappa shape index (κ2) is 3.70. The fraction of sp³-hybridized carbons (Fsp3) is 0.500. The summed E-state index contributed by atoms with van der Waals surface area (Å²) in [5.41, 5.74) is 1.38. The van der Waals surface area contributed by atoms with Gasteiger partial charge in [0.2, 0.25) is 0 Å². The molecule has 0 saturated heterocycles. The smallest absolute Gasteiger partial charge is 0.107 e. The third-order valence-electron chi connectivity index (χ3n) is 2.96. The Morgan fingerprint density at radius 3 is 3.21 bits per heavy atom. The molecular formula is C12H16NO. The van der Waals surface area contributed by atoms with Crippen LogP contribution >= 0.6 is 0 Å². The van der Waals surface area contributed by atoms with Gasteiger partial charge in [-0.2, -0.15) is 0 Å². The number of aryl methyl sites for hydroxylation is 1. The molecule has 1 aromatic heterocycles. The van der Waals surface area contributed by atoms with Gasteiger partial charge in [-0.15, -0.1) is 0 Å². The number of hydrogen-bond acceptors (Lipinski definition) is 2. The van der Waals surface area contributed by atoms with Crippen LogP contribution in [0.4, 0.5) is 0 Å². The van der Waals surface area contributed by atoms with E-state index < -0.39 is 5.60 Å². The van der Waals surface area contributed by atoms with Gasteiger partial charge in [0.25, 0.3) is 0 Å². The molecule has 0 amide bonds. The van der Waals surface area contributed by atoms with Crippen molar-refractivity contribution in [2.75, 3.05) is 0 Å². The summed E-state index contributed by atoms with van der Waals surface area (Å²) in [6.07, 6.45) is 6.16. The summed E-state index contributed by atoms with van der Waals surface area (Å²) in [4.78, 5) is 4.31. The van der Waals surface area contributed by atoms with Gasteiger partial charge in [-0.1, -0.05) is 19.4 Å². The predicted molar refractivity (Wildman–Crippen MR) is 55.7 cm³/mol. The molecule has 1 N–H and O–H groups in total. The first kappa shape index (κ1) is 9.66. The monoisotopic (exact) mass is 190 g/mol. The molecule has 1 aliphatic rings. The van der Waals surface area contributed by atoms with Gasteiger partial charge in [-0.25, -0.2) is 0 Å². The zero-order valence-electron chi connectivity index (χ0n) is 8.37. The second-order valence-corrected chi connectivity index (χ2v) is 4.00. The van der Waals surface area contributed by atoms with Crippen LogP contribution < -0.4 is 0 Å². The van der Waals surface area contributed by atoms with E-state index in [1.54, 1.807) is 6.20 Å². The average Bonchev–Trinajstić information content (AvgIpc) is 2.19. The molecule has 2 nitrogen and oxygen atoms in total. The van der Waals surface area contributed by atoms with Gasteiger partial charge < -0.3 is 5.11 Å². The first-order chi connectivity index (χ1) is 6.76. The number of rotatable bonds is 2. The van der Waals surface area contributed by atoms with E-state index in [9.17, 15) is 5.11 Å². The largest absolute Gasteiger partial charge is 0.384 e. The van der Waals surface area contributed by atoms with Crippen molar-refractivity contribution in [3.8, 4) is 0 Å². The summed E-state index contributed by atoms with van der Waals surface area (Å²) in [5.74, 6) is 0. The summed E-state index contributed by atoms with van der Waals surface area (Å²) in [6, 6.07) is 4.00. The van der Waals surface area contributed by atoms with E-state index in [4.69, 9.17) is 0 Å². The molecule has 0 fully saturated rings. The Bertz CT molecular complexity index is 324. The van der Waals surface area contributed by atoms with Crippen molar-refractivity contribution in [1.82, 2.24) is 4.98 Å². The van der Waals surface area contributed by atoms with E-state index in [0.717, 1.165) is 37.8 Å². The minimum atomic E-state index is -0.712. The minimum absolute atomic E-state index is 0.712. The van der Waals surface area contributed by atoms with Crippen molar-refractivity contribution < 1.29 is 5.11 Å². The standard InChI is InChI=1S/C12H16NO/c1-2-7-12(14)8-3-5-10-6-4-9-13-11(10)12/h4,6,9,14H,1-3,5,7-8H2. The van der Waals surface area contributed by atoms with Gasteiger partial charge in [0, 0.05) is 6.20 Å². The molecule has 1 heterocycles. The van der Waals surface area contributed by atoms with E-state index in [-0.39, 0.29) is 0 Å². The van der Waals surface area contributed by atoms with Crippen molar-refractivity contribution >= 4 is 0 Å². The molecule has 0 saturated carbocycles. The quantitative estimate of drug-likeness (QED) is 0.775.